The van der Waals surface area contributed by atoms with Gasteiger partial charge in [0.2, 0.25) is 0 Å². The topological polar surface area (TPSA) is 38.8 Å². The van der Waals surface area contributed by atoms with Crippen molar-refractivity contribution in [2.24, 2.45) is 0 Å². The molecule has 0 bridgehead atoms. The van der Waals surface area contributed by atoms with Gasteiger partial charge in [0.15, 0.2) is 0 Å². The minimum atomic E-state index is -0.399. The molecule has 1 aromatic carbocycles. The number of nitrogens with zero attached hydrogens (tertiary/aromatic N) is 1. The van der Waals surface area contributed by atoms with Crippen molar-refractivity contribution >= 4 is 18.3 Å². The third-order valence-electron chi connectivity index (χ3n) is 3.04. The minimum absolute atomic E-state index is 0.264. The molecule has 0 radical (unpaired) electrons. The van der Waals surface area contributed by atoms with Crippen molar-refractivity contribution in [1.29, 1.82) is 0 Å². The first-order valence-corrected chi connectivity index (χ1v) is 7.16. The van der Waals surface area contributed by atoms with E-state index in [-0.39, 0.29) is 12.7 Å². The molecule has 0 unspecified atom stereocenters. The Morgan fingerprint density at radius 1 is 1.50 bits per heavy atom. The lowest BCUT2D eigenvalue weighted by Gasteiger charge is -2.30. The maximum Gasteiger partial charge on any atom is 0.422 e. The fraction of sp³-hybridized carbons (Fsp3) is 0.400. The first-order chi connectivity index (χ1) is 9.51. The van der Waals surface area contributed by atoms with Crippen LogP contribution in [0.1, 0.15) is 25.8 Å². The van der Waals surface area contributed by atoms with E-state index in [9.17, 15) is 4.79 Å². The molecule has 4 nitrogen and oxygen atoms in total. The molecular weight excluding hydrogens is 274 g/mol. The number of carbonyl (C=O) groups excluding carboxylic acids is 1. The number of hydrogen-bond donors (Lipinski definition) is 0. The fourth-order valence-electron chi connectivity index (χ4n) is 2.16. The molecule has 1 aromatic rings. The Labute approximate surface area is 124 Å². The first kappa shape index (κ1) is 14.9. The molecule has 2 rings (SSSR count). The Kier molecular flexibility index (Phi) is 4.73. The van der Waals surface area contributed by atoms with Crippen molar-refractivity contribution in [3.63, 3.8) is 0 Å². The average molecular weight is 293 g/mol. The van der Waals surface area contributed by atoms with Crippen LogP contribution < -0.4 is 0 Å². The van der Waals surface area contributed by atoms with Gasteiger partial charge in [-0.1, -0.05) is 35.9 Å². The van der Waals surface area contributed by atoms with Gasteiger partial charge in [-0.05, 0) is 25.8 Å². The molecular formula is C15H19NO3S. The van der Waals surface area contributed by atoms with Gasteiger partial charge >= 0.3 is 6.09 Å². The van der Waals surface area contributed by atoms with Crippen molar-refractivity contribution in [2.45, 2.75) is 32.4 Å². The molecule has 0 saturated carbocycles. The van der Waals surface area contributed by atoms with E-state index in [2.05, 4.69) is 6.58 Å². The Morgan fingerprint density at radius 2 is 2.20 bits per heavy atom. The van der Waals surface area contributed by atoms with Gasteiger partial charge in [-0.3, -0.25) is 4.18 Å². The number of carbonyl (C=O) groups is 1. The van der Waals surface area contributed by atoms with Crippen molar-refractivity contribution < 1.29 is 13.7 Å². The van der Waals surface area contributed by atoms with Crippen LogP contribution in [0.2, 0.25) is 0 Å². The Bertz CT molecular complexity index is 491. The highest BCUT2D eigenvalue weighted by Gasteiger charge is 2.43. The van der Waals surface area contributed by atoms with Gasteiger partial charge < -0.3 is 4.74 Å². The second-order valence-corrected chi connectivity index (χ2v) is 6.05. The highest BCUT2D eigenvalue weighted by molar-refractivity contribution is 7.93. The van der Waals surface area contributed by atoms with Gasteiger partial charge in [0.05, 0.1) is 12.1 Å². The summed E-state index contributed by atoms with van der Waals surface area (Å²) >= 11 is 1.05. The molecule has 1 heterocycles. The van der Waals surface area contributed by atoms with E-state index < -0.39 is 5.54 Å². The molecule has 1 amide bonds. The van der Waals surface area contributed by atoms with Crippen LogP contribution in [0.4, 0.5) is 4.79 Å². The van der Waals surface area contributed by atoms with Crippen molar-refractivity contribution in [3.8, 4) is 0 Å². The summed E-state index contributed by atoms with van der Waals surface area (Å²) in [5.41, 5.74) is 1.58. The molecule has 1 aliphatic heterocycles. The highest BCUT2D eigenvalue weighted by Crippen LogP contribution is 2.38. The molecule has 1 saturated heterocycles. The zero-order valence-electron chi connectivity index (χ0n) is 11.8. The van der Waals surface area contributed by atoms with Crippen molar-refractivity contribution in [3.05, 3.63) is 48.0 Å². The summed E-state index contributed by atoms with van der Waals surface area (Å²) < 4.78 is 12.3. The summed E-state index contributed by atoms with van der Waals surface area (Å²) in [5.74, 6) is 0. The molecule has 1 atom stereocenters. The van der Waals surface area contributed by atoms with Crippen LogP contribution in [0.3, 0.4) is 0 Å². The van der Waals surface area contributed by atoms with Gasteiger partial charge in [0.1, 0.15) is 18.8 Å². The monoisotopic (exact) mass is 293 g/mol. The average Bonchev–Trinajstić information content (AvgIpc) is 2.78. The predicted molar refractivity (Wildman–Crippen MR) is 79.8 cm³/mol. The SMILES string of the molecule is C=C(C)C[C@@]1(C)COSN1C(=O)OCc1ccccc1. The second-order valence-electron chi connectivity index (χ2n) is 5.30. The van der Waals surface area contributed by atoms with Gasteiger partial charge in [0, 0.05) is 0 Å². The van der Waals surface area contributed by atoms with E-state index in [0.717, 1.165) is 23.4 Å². The standard InChI is InChI=1S/C15H19NO3S/c1-12(2)9-15(3)11-19-20-16(15)14(17)18-10-13-7-5-4-6-8-13/h4-8H,1,9-11H2,2-3H3/t15-/m0/s1. The van der Waals surface area contributed by atoms with Crippen LogP contribution in [-0.2, 0) is 15.5 Å². The van der Waals surface area contributed by atoms with Crippen LogP contribution in [0.25, 0.3) is 0 Å². The van der Waals surface area contributed by atoms with Gasteiger partial charge in [-0.25, -0.2) is 9.10 Å². The molecule has 0 aromatic heterocycles. The van der Waals surface area contributed by atoms with E-state index in [1.807, 2.05) is 44.2 Å². The van der Waals surface area contributed by atoms with E-state index in [0.29, 0.717) is 13.0 Å². The van der Waals surface area contributed by atoms with Crippen LogP contribution in [0, 0.1) is 0 Å². The van der Waals surface area contributed by atoms with Gasteiger partial charge in [-0.15, -0.1) is 6.58 Å². The third-order valence-corrected chi connectivity index (χ3v) is 4.00. The summed E-state index contributed by atoms with van der Waals surface area (Å²) in [4.78, 5) is 12.2. The maximum atomic E-state index is 12.2. The molecule has 1 fully saturated rings. The number of benzene rings is 1. The normalized spacial score (nSPS) is 21.8. The van der Waals surface area contributed by atoms with E-state index in [1.54, 1.807) is 4.31 Å². The molecule has 0 spiro atoms. The fourth-order valence-corrected chi connectivity index (χ4v) is 2.98. The van der Waals surface area contributed by atoms with Crippen LogP contribution in [0.5, 0.6) is 0 Å². The summed E-state index contributed by atoms with van der Waals surface area (Å²) in [6, 6.07) is 9.62. The van der Waals surface area contributed by atoms with Crippen LogP contribution in [-0.4, -0.2) is 22.5 Å². The Hall–Kier alpha value is -1.46. The van der Waals surface area contributed by atoms with Crippen LogP contribution in [0.15, 0.2) is 42.5 Å². The first-order valence-electron chi connectivity index (χ1n) is 6.46. The highest BCUT2D eigenvalue weighted by atomic mass is 32.2. The summed E-state index contributed by atoms with van der Waals surface area (Å²) in [6.07, 6.45) is 0.320. The van der Waals surface area contributed by atoms with E-state index in [4.69, 9.17) is 8.92 Å². The van der Waals surface area contributed by atoms with Gasteiger partial charge in [0.25, 0.3) is 0 Å². The zero-order valence-corrected chi connectivity index (χ0v) is 12.6. The molecule has 0 aliphatic carbocycles. The van der Waals surface area contributed by atoms with Crippen molar-refractivity contribution in [2.75, 3.05) is 6.61 Å². The smallest absolute Gasteiger partial charge is 0.422 e. The number of rotatable bonds is 4. The maximum absolute atomic E-state index is 12.2. The molecule has 20 heavy (non-hydrogen) atoms. The Morgan fingerprint density at radius 3 is 2.85 bits per heavy atom. The summed E-state index contributed by atoms with van der Waals surface area (Å²) in [6.45, 7) is 8.57. The summed E-state index contributed by atoms with van der Waals surface area (Å²) in [5, 5.41) is 0. The molecule has 108 valence electrons. The molecule has 1 aliphatic rings. The van der Waals surface area contributed by atoms with Crippen LogP contribution >= 0.6 is 12.2 Å². The van der Waals surface area contributed by atoms with E-state index >= 15 is 0 Å². The quantitative estimate of drug-likeness (QED) is 0.479. The lowest BCUT2D eigenvalue weighted by Crippen LogP contribution is -2.44. The third kappa shape index (κ3) is 3.55. The second kappa shape index (κ2) is 6.33. The lowest BCUT2D eigenvalue weighted by molar-refractivity contribution is 0.0967. The lowest BCUT2D eigenvalue weighted by atomic mass is 9.95. The number of ether oxygens (including phenoxy) is 1. The largest absolute Gasteiger partial charge is 0.444 e. The summed E-state index contributed by atoms with van der Waals surface area (Å²) in [7, 11) is 0. The number of hydrogen-bond acceptors (Lipinski definition) is 4. The van der Waals surface area contributed by atoms with E-state index in [1.165, 1.54) is 0 Å². The number of amides is 1. The predicted octanol–water partition coefficient (Wildman–Crippen LogP) is 3.94. The molecule has 0 N–H and O–H groups in total. The van der Waals surface area contributed by atoms with Gasteiger partial charge in [-0.2, -0.15) is 0 Å². The Balaban J connectivity index is 1.96. The zero-order chi connectivity index (χ0) is 14.6. The molecule has 5 heteroatoms. The van der Waals surface area contributed by atoms with Crippen molar-refractivity contribution in [1.82, 2.24) is 4.31 Å². The minimum Gasteiger partial charge on any atom is -0.444 e.